The Labute approximate surface area is 192 Å². The largest absolute Gasteiger partial charge is 0.369 e. The summed E-state index contributed by atoms with van der Waals surface area (Å²) in [6.07, 6.45) is 1.62. The van der Waals surface area contributed by atoms with Gasteiger partial charge in [-0.1, -0.05) is 6.08 Å². The molecule has 1 aromatic heterocycles. The third-order valence-corrected chi connectivity index (χ3v) is 6.20. The highest BCUT2D eigenvalue weighted by Crippen LogP contribution is 2.24. The van der Waals surface area contributed by atoms with E-state index in [4.69, 9.17) is 12.2 Å². The first-order chi connectivity index (χ1) is 15.4. The second-order valence-corrected chi connectivity index (χ2v) is 8.53. The van der Waals surface area contributed by atoms with Gasteiger partial charge < -0.3 is 20.1 Å². The highest BCUT2D eigenvalue weighted by atomic mass is 32.1. The highest BCUT2D eigenvalue weighted by Gasteiger charge is 2.16. The van der Waals surface area contributed by atoms with Crippen molar-refractivity contribution >= 4 is 40.4 Å². The lowest BCUT2D eigenvalue weighted by molar-refractivity contribution is 0.102. The predicted molar refractivity (Wildman–Crippen MR) is 132 cm³/mol. The average Bonchev–Trinajstić information content (AvgIpc) is 2.78. The minimum Gasteiger partial charge on any atom is -0.369 e. The quantitative estimate of drug-likeness (QED) is 0.460. The van der Waals surface area contributed by atoms with E-state index in [1.165, 1.54) is 10.3 Å². The number of hydrogen-bond donors (Lipinski definition) is 2. The number of carbonyl (C=O) groups is 1. The lowest BCUT2D eigenvalue weighted by Crippen LogP contribution is -2.44. The minimum absolute atomic E-state index is 0.203. The number of carbonyl (C=O) groups excluding carboxylic acids is 1. The van der Waals surface area contributed by atoms with Gasteiger partial charge in [0.25, 0.3) is 11.5 Å². The molecule has 0 spiro atoms. The fourth-order valence-electron chi connectivity index (χ4n) is 3.93. The fourth-order valence-corrected chi connectivity index (χ4v) is 4.20. The molecule has 3 aromatic rings. The van der Waals surface area contributed by atoms with E-state index in [9.17, 15) is 9.59 Å². The van der Waals surface area contributed by atoms with Crippen molar-refractivity contribution in [1.29, 1.82) is 0 Å². The van der Waals surface area contributed by atoms with E-state index < -0.39 is 0 Å². The molecule has 0 radical (unpaired) electrons. The molecule has 1 saturated heterocycles. The number of likely N-dealkylation sites (N-methyl/N-ethyl adjacent to an activating group) is 1. The Bertz CT molecular complexity index is 1300. The summed E-state index contributed by atoms with van der Waals surface area (Å²) in [4.78, 5) is 33.3. The molecule has 0 saturated carbocycles. The maximum Gasteiger partial charge on any atom is 0.262 e. The van der Waals surface area contributed by atoms with Crippen LogP contribution in [0.4, 0.5) is 11.4 Å². The molecule has 0 atom stereocenters. The van der Waals surface area contributed by atoms with Crippen molar-refractivity contribution in [2.24, 2.45) is 0 Å². The number of fused-ring (bicyclic) bond motifs is 1. The molecule has 2 aromatic carbocycles. The second-order valence-electron chi connectivity index (χ2n) is 8.14. The SMILES string of the molecule is C=CCn1c(=S)[nH]c2cc(C(=O)Nc3ccc(N4CCN(C)CC4)cc3C)ccc2c1=O. The molecule has 0 aliphatic carbocycles. The molecular weight excluding hydrogens is 422 g/mol. The van der Waals surface area contributed by atoms with E-state index in [-0.39, 0.29) is 11.5 Å². The van der Waals surface area contributed by atoms with E-state index in [0.717, 1.165) is 37.4 Å². The molecule has 7 nitrogen and oxygen atoms in total. The van der Waals surface area contributed by atoms with Crippen molar-refractivity contribution in [3.8, 4) is 0 Å². The van der Waals surface area contributed by atoms with Crippen LogP contribution in [0.25, 0.3) is 10.9 Å². The van der Waals surface area contributed by atoms with Gasteiger partial charge in [0.05, 0.1) is 10.9 Å². The first kappa shape index (κ1) is 22.0. The molecule has 1 fully saturated rings. The lowest BCUT2D eigenvalue weighted by Gasteiger charge is -2.34. The lowest BCUT2D eigenvalue weighted by atomic mass is 10.1. The number of aromatic amines is 1. The Morgan fingerprint density at radius 2 is 1.94 bits per heavy atom. The van der Waals surface area contributed by atoms with Gasteiger partial charge in [-0.15, -0.1) is 6.58 Å². The summed E-state index contributed by atoms with van der Waals surface area (Å²) >= 11 is 5.29. The van der Waals surface area contributed by atoms with Gasteiger partial charge in [0.2, 0.25) is 0 Å². The van der Waals surface area contributed by atoms with Gasteiger partial charge in [0.15, 0.2) is 4.77 Å². The number of nitrogens with zero attached hydrogens (tertiary/aromatic N) is 3. The number of amides is 1. The zero-order valence-corrected chi connectivity index (χ0v) is 19.2. The van der Waals surface area contributed by atoms with Crippen LogP contribution in [-0.4, -0.2) is 53.6 Å². The minimum atomic E-state index is -0.239. The third kappa shape index (κ3) is 4.37. The summed E-state index contributed by atoms with van der Waals surface area (Å²) < 4.78 is 1.74. The third-order valence-electron chi connectivity index (χ3n) is 5.88. The van der Waals surface area contributed by atoms with Gasteiger partial charge in [-0.2, -0.15) is 0 Å². The fraction of sp³-hybridized carbons (Fsp3) is 0.292. The maximum absolute atomic E-state index is 12.9. The number of aryl methyl sites for hydroxylation is 1. The highest BCUT2D eigenvalue weighted by molar-refractivity contribution is 7.71. The van der Waals surface area contributed by atoms with Crippen molar-refractivity contribution in [3.63, 3.8) is 0 Å². The Hall–Kier alpha value is -3.23. The number of anilines is 2. The first-order valence-electron chi connectivity index (χ1n) is 10.6. The number of allylic oxidation sites excluding steroid dienone is 1. The van der Waals surface area contributed by atoms with E-state index in [1.54, 1.807) is 24.3 Å². The maximum atomic E-state index is 12.9. The van der Waals surface area contributed by atoms with Crippen LogP contribution in [0.15, 0.2) is 53.8 Å². The Balaban J connectivity index is 1.56. The van der Waals surface area contributed by atoms with Crippen LogP contribution in [0, 0.1) is 11.7 Å². The molecule has 32 heavy (non-hydrogen) atoms. The number of benzene rings is 2. The van der Waals surface area contributed by atoms with E-state index in [0.29, 0.717) is 27.8 Å². The molecule has 2 heterocycles. The first-order valence-corrected chi connectivity index (χ1v) is 11.0. The van der Waals surface area contributed by atoms with Crippen LogP contribution in [0.2, 0.25) is 0 Å². The number of aromatic nitrogens is 2. The monoisotopic (exact) mass is 449 g/mol. The average molecular weight is 450 g/mol. The van der Waals surface area contributed by atoms with Crippen LogP contribution in [0.1, 0.15) is 15.9 Å². The summed E-state index contributed by atoms with van der Waals surface area (Å²) in [7, 11) is 2.14. The van der Waals surface area contributed by atoms with Crippen LogP contribution >= 0.6 is 12.2 Å². The molecule has 166 valence electrons. The topological polar surface area (TPSA) is 73.4 Å². The standard InChI is InChI=1S/C24H27N5O2S/c1-4-9-29-23(31)19-7-5-17(15-21(19)26-24(29)32)22(30)25-20-8-6-18(14-16(20)2)28-12-10-27(3)11-13-28/h4-8,14-15H,1,9-13H2,2-3H3,(H,25,30)(H,26,32). The van der Waals surface area contributed by atoms with Gasteiger partial charge >= 0.3 is 0 Å². The molecule has 0 unspecified atom stereocenters. The van der Waals surface area contributed by atoms with Crippen LogP contribution in [0.3, 0.4) is 0 Å². The molecular formula is C24H27N5O2S. The molecule has 8 heteroatoms. The van der Waals surface area contributed by atoms with Crippen LogP contribution < -0.4 is 15.8 Å². The number of rotatable bonds is 5. The number of nitrogens with one attached hydrogen (secondary N) is 2. The van der Waals surface area contributed by atoms with Crippen molar-refractivity contribution < 1.29 is 4.79 Å². The van der Waals surface area contributed by atoms with Crippen LogP contribution in [-0.2, 0) is 6.54 Å². The van der Waals surface area contributed by atoms with E-state index in [1.807, 2.05) is 19.1 Å². The summed E-state index contributed by atoms with van der Waals surface area (Å²) in [5.41, 5.74) is 3.72. The normalized spacial score (nSPS) is 14.5. The Morgan fingerprint density at radius 3 is 2.62 bits per heavy atom. The molecule has 2 N–H and O–H groups in total. The van der Waals surface area contributed by atoms with Crippen molar-refractivity contribution in [3.05, 3.63) is 75.3 Å². The van der Waals surface area contributed by atoms with Gasteiger partial charge in [-0.05, 0) is 68.2 Å². The van der Waals surface area contributed by atoms with Crippen molar-refractivity contribution in [2.75, 3.05) is 43.4 Å². The van der Waals surface area contributed by atoms with Gasteiger partial charge in [-0.3, -0.25) is 14.2 Å². The molecule has 4 rings (SSSR count). The molecule has 1 amide bonds. The molecule has 1 aliphatic rings. The summed E-state index contributed by atoms with van der Waals surface area (Å²) in [6, 6.07) is 11.1. The molecule has 0 bridgehead atoms. The molecule has 1 aliphatic heterocycles. The summed E-state index contributed by atoms with van der Waals surface area (Å²) in [5.74, 6) is -0.239. The van der Waals surface area contributed by atoms with E-state index >= 15 is 0 Å². The Kier molecular flexibility index (Phi) is 6.25. The second kappa shape index (κ2) is 9.10. The van der Waals surface area contributed by atoms with E-state index in [2.05, 4.69) is 39.8 Å². The van der Waals surface area contributed by atoms with Crippen molar-refractivity contribution in [1.82, 2.24) is 14.5 Å². The van der Waals surface area contributed by atoms with Crippen molar-refractivity contribution in [2.45, 2.75) is 13.5 Å². The summed E-state index contributed by atoms with van der Waals surface area (Å²) in [5, 5.41) is 3.46. The van der Waals surface area contributed by atoms with Crippen LogP contribution in [0.5, 0.6) is 0 Å². The number of H-pyrrole nitrogens is 1. The summed E-state index contributed by atoms with van der Waals surface area (Å²) in [6.45, 7) is 10.1. The smallest absolute Gasteiger partial charge is 0.262 e. The van der Waals surface area contributed by atoms with Gasteiger partial charge in [-0.25, -0.2) is 0 Å². The van der Waals surface area contributed by atoms with Gasteiger partial charge in [0.1, 0.15) is 0 Å². The Morgan fingerprint density at radius 1 is 1.19 bits per heavy atom. The number of piperazine rings is 1. The predicted octanol–water partition coefficient (Wildman–Crippen LogP) is 3.56. The number of hydrogen-bond acceptors (Lipinski definition) is 5. The van der Waals surface area contributed by atoms with Gasteiger partial charge in [0, 0.05) is 49.7 Å². The zero-order chi connectivity index (χ0) is 22.8. The zero-order valence-electron chi connectivity index (χ0n) is 18.4.